The lowest BCUT2D eigenvalue weighted by Gasteiger charge is -2.23. The van der Waals surface area contributed by atoms with Crippen LogP contribution in [0.1, 0.15) is 36.7 Å². The van der Waals surface area contributed by atoms with Gasteiger partial charge in [-0.3, -0.25) is 9.59 Å². The van der Waals surface area contributed by atoms with Gasteiger partial charge in [-0.1, -0.05) is 18.2 Å². The number of halogens is 1. The van der Waals surface area contributed by atoms with Crippen LogP contribution < -0.4 is 5.32 Å². The van der Waals surface area contributed by atoms with Crippen LogP contribution in [-0.4, -0.2) is 28.2 Å². The molecule has 0 unspecified atom stereocenters. The summed E-state index contributed by atoms with van der Waals surface area (Å²) < 4.78 is 14.3. The van der Waals surface area contributed by atoms with Crippen LogP contribution in [0, 0.1) is 5.82 Å². The van der Waals surface area contributed by atoms with E-state index in [1.165, 1.54) is 18.2 Å². The Morgan fingerprint density at radius 2 is 2.04 bits per heavy atom. The molecular weight excluding hydrogens is 377 g/mol. The van der Waals surface area contributed by atoms with E-state index >= 15 is 0 Å². The lowest BCUT2D eigenvalue weighted by Crippen LogP contribution is -2.31. The minimum atomic E-state index is -0.412. The molecule has 0 spiro atoms. The normalized spacial score (nSPS) is 16.5. The van der Waals surface area contributed by atoms with Crippen molar-refractivity contribution in [3.05, 3.63) is 59.4 Å². The molecule has 4 rings (SSSR count). The van der Waals surface area contributed by atoms with Crippen LogP contribution in [0.25, 0.3) is 10.2 Å². The number of nitrogens with zero attached hydrogens (tertiary/aromatic N) is 2. The zero-order valence-corrected chi connectivity index (χ0v) is 16.0. The molecule has 1 aromatic heterocycles. The molecule has 0 bridgehead atoms. The predicted octanol–water partition coefficient (Wildman–Crippen LogP) is 4.52. The Hall–Kier alpha value is -2.80. The molecule has 1 fully saturated rings. The van der Waals surface area contributed by atoms with Gasteiger partial charge in [0.25, 0.3) is 0 Å². The summed E-state index contributed by atoms with van der Waals surface area (Å²) >= 11 is 1.62. The Kier molecular flexibility index (Phi) is 5.34. The van der Waals surface area contributed by atoms with E-state index in [4.69, 9.17) is 4.98 Å². The van der Waals surface area contributed by atoms with Crippen LogP contribution in [0.5, 0.6) is 0 Å². The van der Waals surface area contributed by atoms with E-state index in [0.717, 1.165) is 28.1 Å². The van der Waals surface area contributed by atoms with Gasteiger partial charge < -0.3 is 10.2 Å². The second kappa shape index (κ2) is 8.06. The van der Waals surface area contributed by atoms with Crippen LogP contribution in [0.2, 0.25) is 0 Å². The van der Waals surface area contributed by atoms with Gasteiger partial charge in [-0.2, -0.15) is 0 Å². The number of anilines is 1. The monoisotopic (exact) mass is 397 g/mol. The van der Waals surface area contributed by atoms with Crippen LogP contribution in [-0.2, 0) is 9.59 Å². The first-order chi connectivity index (χ1) is 13.6. The summed E-state index contributed by atoms with van der Waals surface area (Å²) in [6.07, 6.45) is 2.02. The number of thiazole rings is 1. The first-order valence-electron chi connectivity index (χ1n) is 9.30. The fraction of sp³-hybridized carbons (Fsp3) is 0.286. The fourth-order valence-corrected chi connectivity index (χ4v) is 4.62. The van der Waals surface area contributed by atoms with Crippen molar-refractivity contribution in [2.45, 2.75) is 31.7 Å². The standard InChI is InChI=1S/C21H20FN3O2S/c22-14-5-3-6-15(13-14)23-19(26)10-11-20(27)25-12-4-8-17(25)21-24-16-7-1-2-9-18(16)28-21/h1-3,5-7,9,13,17H,4,8,10-12H2,(H,23,26)/t17-/m1/s1. The number of likely N-dealkylation sites (tertiary alicyclic amines) is 1. The number of rotatable bonds is 5. The molecule has 144 valence electrons. The molecular formula is C21H20FN3O2S. The Morgan fingerprint density at radius 3 is 2.86 bits per heavy atom. The van der Waals surface area contributed by atoms with E-state index in [2.05, 4.69) is 5.32 Å². The van der Waals surface area contributed by atoms with Crippen molar-refractivity contribution in [1.29, 1.82) is 0 Å². The summed E-state index contributed by atoms with van der Waals surface area (Å²) in [6.45, 7) is 0.685. The first-order valence-corrected chi connectivity index (χ1v) is 10.1. The second-order valence-corrected chi connectivity index (χ2v) is 7.89. The molecule has 2 heterocycles. The van der Waals surface area contributed by atoms with Gasteiger partial charge in [-0.25, -0.2) is 9.37 Å². The van der Waals surface area contributed by atoms with Gasteiger partial charge in [-0.05, 0) is 43.2 Å². The highest BCUT2D eigenvalue weighted by Gasteiger charge is 2.32. The molecule has 1 N–H and O–H groups in total. The van der Waals surface area contributed by atoms with Crippen molar-refractivity contribution >= 4 is 39.1 Å². The number of benzene rings is 2. The molecule has 2 aromatic carbocycles. The lowest BCUT2D eigenvalue weighted by atomic mass is 10.2. The molecule has 2 amide bonds. The number of para-hydroxylation sites is 1. The number of hydrogen-bond donors (Lipinski definition) is 1. The Labute approximate surface area is 166 Å². The number of fused-ring (bicyclic) bond motifs is 1. The van der Waals surface area contributed by atoms with Crippen molar-refractivity contribution in [3.8, 4) is 0 Å². The van der Waals surface area contributed by atoms with E-state index in [1.54, 1.807) is 17.4 Å². The molecule has 0 radical (unpaired) electrons. The third-order valence-electron chi connectivity index (χ3n) is 4.84. The lowest BCUT2D eigenvalue weighted by molar-refractivity contribution is -0.133. The van der Waals surface area contributed by atoms with Crippen LogP contribution in [0.4, 0.5) is 10.1 Å². The van der Waals surface area contributed by atoms with Crippen LogP contribution >= 0.6 is 11.3 Å². The maximum absolute atomic E-state index is 13.2. The van der Waals surface area contributed by atoms with E-state index in [-0.39, 0.29) is 30.7 Å². The second-order valence-electron chi connectivity index (χ2n) is 6.82. The molecule has 1 saturated heterocycles. The number of carbonyl (C=O) groups excluding carboxylic acids is 2. The number of aromatic nitrogens is 1. The average molecular weight is 397 g/mol. The molecule has 0 aliphatic carbocycles. The quantitative estimate of drug-likeness (QED) is 0.689. The van der Waals surface area contributed by atoms with Crippen molar-refractivity contribution in [3.63, 3.8) is 0 Å². The number of amides is 2. The number of carbonyl (C=O) groups is 2. The molecule has 1 atom stereocenters. The maximum atomic E-state index is 13.2. The SMILES string of the molecule is O=C(CCC(=O)N1CCC[C@@H]1c1nc2ccccc2s1)Nc1cccc(F)c1. The van der Waals surface area contributed by atoms with Crippen LogP contribution in [0.15, 0.2) is 48.5 Å². The average Bonchev–Trinajstić information content (AvgIpc) is 3.32. The largest absolute Gasteiger partial charge is 0.333 e. The van der Waals surface area contributed by atoms with E-state index in [0.29, 0.717) is 12.2 Å². The summed E-state index contributed by atoms with van der Waals surface area (Å²) in [5.41, 5.74) is 1.35. The van der Waals surface area contributed by atoms with Gasteiger partial charge in [-0.15, -0.1) is 11.3 Å². The molecule has 1 aliphatic rings. The molecule has 5 nitrogen and oxygen atoms in total. The van der Waals surface area contributed by atoms with Crippen molar-refractivity contribution < 1.29 is 14.0 Å². The minimum absolute atomic E-state index is 0.0174. The molecule has 1 aliphatic heterocycles. The fourth-order valence-electron chi connectivity index (χ4n) is 3.51. The zero-order chi connectivity index (χ0) is 19.5. The molecule has 7 heteroatoms. The summed E-state index contributed by atoms with van der Waals surface area (Å²) in [5.74, 6) is -0.754. The summed E-state index contributed by atoms with van der Waals surface area (Å²) in [5, 5.41) is 3.58. The maximum Gasteiger partial charge on any atom is 0.224 e. The Morgan fingerprint density at radius 1 is 1.18 bits per heavy atom. The Bertz CT molecular complexity index is 987. The molecule has 3 aromatic rings. The van der Waals surface area contributed by atoms with Crippen molar-refractivity contribution in [2.24, 2.45) is 0 Å². The first kappa shape index (κ1) is 18.6. The molecule has 0 saturated carbocycles. The zero-order valence-electron chi connectivity index (χ0n) is 15.2. The van der Waals surface area contributed by atoms with E-state index < -0.39 is 5.82 Å². The third kappa shape index (κ3) is 4.04. The molecule has 28 heavy (non-hydrogen) atoms. The van der Waals surface area contributed by atoms with Gasteiger partial charge >= 0.3 is 0 Å². The third-order valence-corrected chi connectivity index (χ3v) is 5.98. The summed E-state index contributed by atoms with van der Waals surface area (Å²) in [6, 6.07) is 13.7. The van der Waals surface area contributed by atoms with Crippen LogP contribution in [0.3, 0.4) is 0 Å². The van der Waals surface area contributed by atoms with Gasteiger partial charge in [0, 0.05) is 25.1 Å². The van der Waals surface area contributed by atoms with Gasteiger partial charge in [0.15, 0.2) is 0 Å². The highest BCUT2D eigenvalue weighted by atomic mass is 32.1. The van der Waals surface area contributed by atoms with Crippen molar-refractivity contribution in [2.75, 3.05) is 11.9 Å². The predicted molar refractivity (Wildman–Crippen MR) is 108 cm³/mol. The highest BCUT2D eigenvalue weighted by molar-refractivity contribution is 7.18. The van der Waals surface area contributed by atoms with Crippen molar-refractivity contribution in [1.82, 2.24) is 9.88 Å². The Balaban J connectivity index is 1.37. The van der Waals surface area contributed by atoms with Gasteiger partial charge in [0.1, 0.15) is 10.8 Å². The summed E-state index contributed by atoms with van der Waals surface area (Å²) in [7, 11) is 0. The van der Waals surface area contributed by atoms with Gasteiger partial charge in [0.05, 0.1) is 16.3 Å². The smallest absolute Gasteiger partial charge is 0.224 e. The van der Waals surface area contributed by atoms with E-state index in [9.17, 15) is 14.0 Å². The van der Waals surface area contributed by atoms with Gasteiger partial charge in [0.2, 0.25) is 11.8 Å². The van der Waals surface area contributed by atoms with E-state index in [1.807, 2.05) is 29.2 Å². The highest BCUT2D eigenvalue weighted by Crippen LogP contribution is 2.36. The number of nitrogens with one attached hydrogen (secondary N) is 1. The number of hydrogen-bond acceptors (Lipinski definition) is 4. The minimum Gasteiger partial charge on any atom is -0.333 e. The summed E-state index contributed by atoms with van der Waals surface area (Å²) in [4.78, 5) is 31.4. The topological polar surface area (TPSA) is 62.3 Å².